The number of hydrogen-bond acceptors (Lipinski definition) is 3. The van der Waals surface area contributed by atoms with Gasteiger partial charge < -0.3 is 14.6 Å². The van der Waals surface area contributed by atoms with Crippen LogP contribution in [0.15, 0.2) is 48.5 Å². The molecular weight excluding hydrogens is 261 g/mol. The molecule has 2 rings (SSSR count). The van der Waals surface area contributed by atoms with Crippen LogP contribution < -0.4 is 9.47 Å². The summed E-state index contributed by atoms with van der Waals surface area (Å²) in [5, 5.41) is 9.25. The molecule has 3 nitrogen and oxygen atoms in total. The monoisotopic (exact) mass is 270 g/mol. The van der Waals surface area contributed by atoms with Crippen LogP contribution in [-0.2, 0) is 0 Å². The van der Waals surface area contributed by atoms with E-state index in [1.165, 1.54) is 30.3 Å². The van der Waals surface area contributed by atoms with Gasteiger partial charge in [0.15, 0.2) is 0 Å². The predicted octanol–water partition coefficient (Wildman–Crippen LogP) is 4.08. The van der Waals surface area contributed by atoms with Crippen molar-refractivity contribution in [2.75, 3.05) is 0 Å². The minimum atomic E-state index is -4.75. The largest absolute Gasteiger partial charge is 0.573 e. The highest BCUT2D eigenvalue weighted by molar-refractivity contribution is 5.39. The molecule has 0 aliphatic carbocycles. The number of ether oxygens (including phenoxy) is 2. The van der Waals surface area contributed by atoms with Gasteiger partial charge in [0.1, 0.15) is 23.0 Å². The fourth-order valence-electron chi connectivity index (χ4n) is 1.42. The number of phenols is 1. The Labute approximate surface area is 106 Å². The number of hydrogen-bond donors (Lipinski definition) is 1. The summed E-state index contributed by atoms with van der Waals surface area (Å²) in [5.41, 5.74) is 0. The van der Waals surface area contributed by atoms with E-state index >= 15 is 0 Å². The van der Waals surface area contributed by atoms with Crippen molar-refractivity contribution in [3.63, 3.8) is 0 Å². The second-order valence-electron chi connectivity index (χ2n) is 3.62. The van der Waals surface area contributed by atoms with E-state index in [0.29, 0.717) is 5.75 Å². The van der Waals surface area contributed by atoms with E-state index in [1.54, 1.807) is 12.1 Å². The van der Waals surface area contributed by atoms with E-state index in [1.807, 2.05) is 0 Å². The van der Waals surface area contributed by atoms with Gasteiger partial charge in [-0.25, -0.2) is 0 Å². The molecule has 0 saturated carbocycles. The van der Waals surface area contributed by atoms with Crippen LogP contribution in [0.25, 0.3) is 0 Å². The van der Waals surface area contributed by atoms with Crippen LogP contribution in [0.1, 0.15) is 0 Å². The molecule has 6 heteroatoms. The molecule has 19 heavy (non-hydrogen) atoms. The van der Waals surface area contributed by atoms with Crippen LogP contribution in [0.5, 0.6) is 23.0 Å². The standard InChI is InChI=1S/C13H9F3O3/c14-13(15,16)19-12-6-2-5-11(8-12)18-10-4-1-3-9(17)7-10/h1-8,17H. The number of alkyl halides is 3. The molecule has 0 amide bonds. The first-order valence-electron chi connectivity index (χ1n) is 5.25. The molecule has 0 fully saturated rings. The third-order valence-electron chi connectivity index (χ3n) is 2.09. The number of benzene rings is 2. The van der Waals surface area contributed by atoms with Gasteiger partial charge in [0.25, 0.3) is 0 Å². The summed E-state index contributed by atoms with van der Waals surface area (Å²) in [7, 11) is 0. The van der Waals surface area contributed by atoms with Gasteiger partial charge in [-0.05, 0) is 24.3 Å². The molecule has 0 spiro atoms. The highest BCUT2D eigenvalue weighted by Crippen LogP contribution is 2.29. The third kappa shape index (κ3) is 4.09. The van der Waals surface area contributed by atoms with Crippen molar-refractivity contribution in [2.45, 2.75) is 6.36 Å². The lowest BCUT2D eigenvalue weighted by Crippen LogP contribution is -2.16. The van der Waals surface area contributed by atoms with Crippen molar-refractivity contribution in [3.05, 3.63) is 48.5 Å². The predicted molar refractivity (Wildman–Crippen MR) is 61.3 cm³/mol. The Hall–Kier alpha value is -2.37. The van der Waals surface area contributed by atoms with E-state index in [9.17, 15) is 18.3 Å². The highest BCUT2D eigenvalue weighted by Gasteiger charge is 2.31. The minimum absolute atomic E-state index is 0.000182. The summed E-state index contributed by atoms with van der Waals surface area (Å²) in [5.74, 6) is 0.113. The lowest BCUT2D eigenvalue weighted by Gasteiger charge is -2.10. The summed E-state index contributed by atoms with van der Waals surface area (Å²) in [6.45, 7) is 0. The summed E-state index contributed by atoms with van der Waals surface area (Å²) in [6, 6.07) is 11.1. The van der Waals surface area contributed by atoms with Gasteiger partial charge in [-0.3, -0.25) is 0 Å². The average molecular weight is 270 g/mol. The lowest BCUT2D eigenvalue weighted by molar-refractivity contribution is -0.274. The Morgan fingerprint density at radius 3 is 2.05 bits per heavy atom. The van der Waals surface area contributed by atoms with E-state index < -0.39 is 6.36 Å². The fourth-order valence-corrected chi connectivity index (χ4v) is 1.42. The molecule has 0 atom stereocenters. The van der Waals surface area contributed by atoms with Crippen molar-refractivity contribution in [1.82, 2.24) is 0 Å². The van der Waals surface area contributed by atoms with Crippen LogP contribution in [0, 0.1) is 0 Å². The quantitative estimate of drug-likeness (QED) is 0.913. The van der Waals surface area contributed by atoms with Crippen molar-refractivity contribution >= 4 is 0 Å². The Morgan fingerprint density at radius 2 is 1.42 bits per heavy atom. The molecule has 0 aliphatic rings. The van der Waals surface area contributed by atoms with Crippen LogP contribution in [-0.4, -0.2) is 11.5 Å². The molecule has 0 aliphatic heterocycles. The molecule has 0 bridgehead atoms. The molecule has 1 N–H and O–H groups in total. The first-order chi connectivity index (χ1) is 8.92. The molecule has 0 unspecified atom stereocenters. The molecular formula is C13H9F3O3. The van der Waals surface area contributed by atoms with Crippen molar-refractivity contribution in [2.24, 2.45) is 0 Å². The maximum absolute atomic E-state index is 12.1. The summed E-state index contributed by atoms with van der Waals surface area (Å²) in [4.78, 5) is 0. The molecule has 2 aromatic carbocycles. The fraction of sp³-hybridized carbons (Fsp3) is 0.0769. The topological polar surface area (TPSA) is 38.7 Å². The number of phenolic OH excluding ortho intramolecular Hbond substituents is 1. The van der Waals surface area contributed by atoms with Gasteiger partial charge in [0, 0.05) is 12.1 Å². The zero-order valence-electron chi connectivity index (χ0n) is 9.52. The maximum atomic E-state index is 12.1. The van der Waals surface area contributed by atoms with E-state index in [4.69, 9.17) is 4.74 Å². The van der Waals surface area contributed by atoms with E-state index in [0.717, 1.165) is 6.07 Å². The number of aromatic hydroxyl groups is 1. The minimum Gasteiger partial charge on any atom is -0.508 e. The zero-order chi connectivity index (χ0) is 13.9. The second-order valence-corrected chi connectivity index (χ2v) is 3.62. The van der Waals surface area contributed by atoms with Crippen molar-refractivity contribution in [3.8, 4) is 23.0 Å². The molecule has 0 aromatic heterocycles. The van der Waals surface area contributed by atoms with Gasteiger partial charge in [0.05, 0.1) is 0 Å². The molecule has 100 valence electrons. The van der Waals surface area contributed by atoms with Gasteiger partial charge in [0.2, 0.25) is 0 Å². The second kappa shape index (κ2) is 5.09. The van der Waals surface area contributed by atoms with Crippen molar-refractivity contribution < 1.29 is 27.8 Å². The lowest BCUT2D eigenvalue weighted by atomic mass is 10.3. The first kappa shape index (κ1) is 13.1. The highest BCUT2D eigenvalue weighted by atomic mass is 19.4. The average Bonchev–Trinajstić information content (AvgIpc) is 2.27. The Morgan fingerprint density at radius 1 is 0.842 bits per heavy atom. The zero-order valence-corrected chi connectivity index (χ0v) is 9.52. The maximum Gasteiger partial charge on any atom is 0.573 e. The van der Waals surface area contributed by atoms with Gasteiger partial charge in [-0.2, -0.15) is 0 Å². The van der Waals surface area contributed by atoms with E-state index in [2.05, 4.69) is 4.74 Å². The Balaban J connectivity index is 2.15. The molecule has 0 heterocycles. The Bertz CT molecular complexity index is 567. The van der Waals surface area contributed by atoms with Crippen LogP contribution >= 0.6 is 0 Å². The smallest absolute Gasteiger partial charge is 0.508 e. The van der Waals surface area contributed by atoms with Crippen LogP contribution in [0.4, 0.5) is 13.2 Å². The van der Waals surface area contributed by atoms with Crippen LogP contribution in [0.3, 0.4) is 0 Å². The summed E-state index contributed by atoms with van der Waals surface area (Å²) >= 11 is 0. The number of halogens is 3. The van der Waals surface area contributed by atoms with Crippen LogP contribution in [0.2, 0.25) is 0 Å². The van der Waals surface area contributed by atoms with Gasteiger partial charge in [-0.1, -0.05) is 12.1 Å². The summed E-state index contributed by atoms with van der Waals surface area (Å²) in [6.07, 6.45) is -4.75. The Kier molecular flexibility index (Phi) is 3.50. The molecule has 0 radical (unpaired) electrons. The first-order valence-corrected chi connectivity index (χ1v) is 5.25. The SMILES string of the molecule is Oc1cccc(Oc2cccc(OC(F)(F)F)c2)c1. The van der Waals surface area contributed by atoms with Gasteiger partial charge >= 0.3 is 6.36 Å². The van der Waals surface area contributed by atoms with E-state index in [-0.39, 0.29) is 17.2 Å². The molecule has 0 saturated heterocycles. The number of rotatable bonds is 3. The summed E-state index contributed by atoms with van der Waals surface area (Å²) < 4.78 is 45.3. The third-order valence-corrected chi connectivity index (χ3v) is 2.09. The van der Waals surface area contributed by atoms with Gasteiger partial charge in [-0.15, -0.1) is 13.2 Å². The normalized spacial score (nSPS) is 11.1. The van der Waals surface area contributed by atoms with Crippen molar-refractivity contribution in [1.29, 1.82) is 0 Å². The molecule has 2 aromatic rings.